The lowest BCUT2D eigenvalue weighted by molar-refractivity contribution is 0.103. The Kier molecular flexibility index (Phi) is 2.52. The summed E-state index contributed by atoms with van der Waals surface area (Å²) in [5, 5.41) is 9.45. The first kappa shape index (κ1) is 12.6. The fourth-order valence-corrected chi connectivity index (χ4v) is 4.17. The van der Waals surface area contributed by atoms with Crippen molar-refractivity contribution in [2.24, 2.45) is 0 Å². The van der Waals surface area contributed by atoms with Gasteiger partial charge in [0.15, 0.2) is 5.78 Å². The minimum absolute atomic E-state index is 0.0348. The zero-order valence-corrected chi connectivity index (χ0v) is 12.0. The van der Waals surface area contributed by atoms with Crippen LogP contribution >= 0.6 is 11.6 Å². The van der Waals surface area contributed by atoms with Gasteiger partial charge in [-0.3, -0.25) is 4.79 Å². The maximum absolute atomic E-state index is 12.8. The number of carbonyl (C=O) groups excluding carboxylic acids is 1. The predicted octanol–water partition coefficient (Wildman–Crippen LogP) is 4.00. The molecule has 102 valence electrons. The quantitative estimate of drug-likeness (QED) is 0.689. The van der Waals surface area contributed by atoms with Crippen LogP contribution in [0.1, 0.15) is 45.3 Å². The fraction of sp³-hybridized carbons (Fsp3) is 0.222. The van der Waals surface area contributed by atoms with Gasteiger partial charge in [-0.2, -0.15) is 5.26 Å². The first-order valence-electron chi connectivity index (χ1n) is 6.98. The number of alkyl halides is 1. The van der Waals surface area contributed by atoms with Gasteiger partial charge in [0.1, 0.15) is 4.87 Å². The molecule has 0 amide bonds. The Labute approximate surface area is 128 Å². The molecule has 0 bridgehead atoms. The Hall–Kier alpha value is -2.11. The van der Waals surface area contributed by atoms with Gasteiger partial charge in [-0.15, -0.1) is 11.6 Å². The molecule has 2 aromatic rings. The summed E-state index contributed by atoms with van der Waals surface area (Å²) in [6.45, 7) is 0. The second-order valence-electron chi connectivity index (χ2n) is 5.77. The second kappa shape index (κ2) is 4.19. The van der Waals surface area contributed by atoms with Crippen LogP contribution in [-0.4, -0.2) is 10.7 Å². The van der Waals surface area contributed by atoms with Crippen LogP contribution in [0.2, 0.25) is 0 Å². The van der Waals surface area contributed by atoms with Gasteiger partial charge in [-0.25, -0.2) is 0 Å². The largest absolute Gasteiger partial charge is 0.289 e. The molecule has 3 unspecified atom stereocenters. The van der Waals surface area contributed by atoms with E-state index < -0.39 is 4.87 Å². The summed E-state index contributed by atoms with van der Waals surface area (Å²) in [6, 6.07) is 17.5. The molecule has 3 atom stereocenters. The van der Waals surface area contributed by atoms with Gasteiger partial charge < -0.3 is 0 Å². The van der Waals surface area contributed by atoms with Crippen LogP contribution in [0.25, 0.3) is 0 Å². The highest BCUT2D eigenvalue weighted by Crippen LogP contribution is 2.61. The van der Waals surface area contributed by atoms with E-state index in [1.165, 1.54) is 0 Å². The highest BCUT2D eigenvalue weighted by Gasteiger charge is 2.57. The standard InChI is InChI=1S/C18H12ClNO/c19-18(10-20)9-15-11-5-1-3-7-13(11)17(21)14-8-4-2-6-12(14)16(15)18/h1-8,15-16H,9H2. The number of hydrogen-bond donors (Lipinski definition) is 0. The first-order valence-corrected chi connectivity index (χ1v) is 7.36. The smallest absolute Gasteiger partial charge is 0.193 e. The van der Waals surface area contributed by atoms with E-state index in [9.17, 15) is 10.1 Å². The van der Waals surface area contributed by atoms with Crippen molar-refractivity contribution < 1.29 is 4.79 Å². The Balaban J connectivity index is 2.02. The van der Waals surface area contributed by atoms with Crippen LogP contribution in [0, 0.1) is 11.3 Å². The maximum Gasteiger partial charge on any atom is 0.193 e. The summed E-state index contributed by atoms with van der Waals surface area (Å²) >= 11 is 6.51. The molecule has 4 rings (SSSR count). The van der Waals surface area contributed by atoms with Gasteiger partial charge in [0.25, 0.3) is 0 Å². The molecule has 0 saturated heterocycles. The number of halogens is 1. The Bertz CT molecular complexity index is 807. The summed E-state index contributed by atoms with van der Waals surface area (Å²) < 4.78 is 0. The van der Waals surface area contributed by atoms with Crippen LogP contribution in [0.5, 0.6) is 0 Å². The lowest BCUT2D eigenvalue weighted by Crippen LogP contribution is -2.45. The molecule has 0 aliphatic heterocycles. The van der Waals surface area contributed by atoms with Crippen LogP contribution in [0.3, 0.4) is 0 Å². The summed E-state index contributed by atoms with van der Waals surface area (Å²) in [6.07, 6.45) is 0.592. The van der Waals surface area contributed by atoms with Gasteiger partial charge in [0.2, 0.25) is 0 Å². The molecule has 2 aromatic carbocycles. The third-order valence-electron chi connectivity index (χ3n) is 4.74. The van der Waals surface area contributed by atoms with E-state index >= 15 is 0 Å². The number of nitrogens with zero attached hydrogens (tertiary/aromatic N) is 1. The topological polar surface area (TPSA) is 40.9 Å². The fourth-order valence-electron chi connectivity index (χ4n) is 3.74. The SMILES string of the molecule is N#CC1(Cl)CC2c3ccccc3C(=O)c3ccccc3C21. The Morgan fingerprint density at radius 3 is 2.29 bits per heavy atom. The maximum atomic E-state index is 12.8. The summed E-state index contributed by atoms with van der Waals surface area (Å²) in [5.41, 5.74) is 3.35. The van der Waals surface area contributed by atoms with Crippen molar-refractivity contribution in [1.82, 2.24) is 0 Å². The molecule has 1 saturated carbocycles. The molecule has 1 fully saturated rings. The number of ketones is 1. The Morgan fingerprint density at radius 2 is 1.62 bits per heavy atom. The molecule has 2 aliphatic rings. The zero-order valence-electron chi connectivity index (χ0n) is 11.2. The number of carbonyl (C=O) groups is 1. The van der Waals surface area contributed by atoms with Crippen LogP contribution in [0.4, 0.5) is 0 Å². The first-order chi connectivity index (χ1) is 10.2. The molecule has 0 aromatic heterocycles. The monoisotopic (exact) mass is 293 g/mol. The van der Waals surface area contributed by atoms with Gasteiger partial charge >= 0.3 is 0 Å². The van der Waals surface area contributed by atoms with E-state index in [-0.39, 0.29) is 17.6 Å². The Morgan fingerprint density at radius 1 is 1.05 bits per heavy atom. The number of fused-ring (bicyclic) bond motifs is 5. The average molecular weight is 294 g/mol. The third kappa shape index (κ3) is 1.56. The van der Waals surface area contributed by atoms with Crippen molar-refractivity contribution in [3.63, 3.8) is 0 Å². The number of nitriles is 1. The van der Waals surface area contributed by atoms with Crippen molar-refractivity contribution in [1.29, 1.82) is 5.26 Å². The van der Waals surface area contributed by atoms with Crippen molar-refractivity contribution in [2.75, 3.05) is 0 Å². The number of hydrogen-bond acceptors (Lipinski definition) is 2. The van der Waals surface area contributed by atoms with E-state index in [4.69, 9.17) is 11.6 Å². The van der Waals surface area contributed by atoms with E-state index in [1.54, 1.807) is 0 Å². The van der Waals surface area contributed by atoms with E-state index in [2.05, 4.69) is 6.07 Å². The van der Waals surface area contributed by atoms with Crippen molar-refractivity contribution >= 4 is 17.4 Å². The van der Waals surface area contributed by atoms with Crippen molar-refractivity contribution in [2.45, 2.75) is 23.1 Å². The van der Waals surface area contributed by atoms with E-state index in [1.807, 2.05) is 48.5 Å². The summed E-state index contributed by atoms with van der Waals surface area (Å²) in [7, 11) is 0. The number of benzene rings is 2. The lowest BCUT2D eigenvalue weighted by atomic mass is 9.59. The molecule has 2 nitrogen and oxygen atoms in total. The van der Waals surface area contributed by atoms with Crippen LogP contribution < -0.4 is 0 Å². The highest BCUT2D eigenvalue weighted by atomic mass is 35.5. The van der Waals surface area contributed by atoms with Crippen molar-refractivity contribution in [3.8, 4) is 6.07 Å². The minimum atomic E-state index is -0.904. The lowest BCUT2D eigenvalue weighted by Gasteiger charge is -2.47. The molecule has 0 spiro atoms. The molecule has 0 N–H and O–H groups in total. The summed E-state index contributed by atoms with van der Waals surface area (Å²) in [5.74, 6) is 0.0615. The van der Waals surface area contributed by atoms with Gasteiger partial charge in [0.05, 0.1) is 6.07 Å². The second-order valence-corrected chi connectivity index (χ2v) is 6.44. The average Bonchev–Trinajstić information content (AvgIpc) is 2.60. The molecule has 3 heteroatoms. The number of rotatable bonds is 0. The normalized spacial score (nSPS) is 29.2. The van der Waals surface area contributed by atoms with Gasteiger partial charge in [0, 0.05) is 17.0 Å². The minimum Gasteiger partial charge on any atom is -0.289 e. The molecule has 0 heterocycles. The van der Waals surface area contributed by atoms with Crippen molar-refractivity contribution in [3.05, 3.63) is 70.8 Å². The van der Waals surface area contributed by atoms with Gasteiger partial charge in [-0.05, 0) is 23.5 Å². The van der Waals surface area contributed by atoms with Crippen LogP contribution in [0.15, 0.2) is 48.5 Å². The van der Waals surface area contributed by atoms with Gasteiger partial charge in [-0.1, -0.05) is 48.5 Å². The molecule has 2 aliphatic carbocycles. The van der Waals surface area contributed by atoms with E-state index in [0.717, 1.165) is 16.7 Å². The molecule has 0 radical (unpaired) electrons. The molecular formula is C18H12ClNO. The zero-order chi connectivity index (χ0) is 14.6. The molecule has 21 heavy (non-hydrogen) atoms. The highest BCUT2D eigenvalue weighted by molar-refractivity contribution is 6.28. The predicted molar refractivity (Wildman–Crippen MR) is 80.6 cm³/mol. The van der Waals surface area contributed by atoms with E-state index in [0.29, 0.717) is 12.0 Å². The summed E-state index contributed by atoms with van der Waals surface area (Å²) in [4.78, 5) is 11.9. The third-order valence-corrected chi connectivity index (χ3v) is 5.22. The molecular weight excluding hydrogens is 282 g/mol. The van der Waals surface area contributed by atoms with Crippen LogP contribution in [-0.2, 0) is 0 Å².